The molecule has 1 N–H and O–H groups in total. The minimum Gasteiger partial charge on any atom is -0.351 e. The largest absolute Gasteiger partial charge is 0.351 e. The summed E-state index contributed by atoms with van der Waals surface area (Å²) in [5.74, 6) is -0.181. The molecule has 2 aromatic rings. The Bertz CT molecular complexity index is 523. The van der Waals surface area contributed by atoms with Crippen molar-refractivity contribution in [3.63, 3.8) is 0 Å². The smallest absolute Gasteiger partial charge is 0.273 e. The van der Waals surface area contributed by atoms with E-state index in [0.717, 1.165) is 6.42 Å². The Morgan fingerprint density at radius 2 is 2.44 bits per heavy atom. The summed E-state index contributed by atoms with van der Waals surface area (Å²) in [5, 5.41) is 6.94. The Kier molecular flexibility index (Phi) is 3.19. The molecule has 0 atom stereocenters. The SMILES string of the molecule is CCCNC(=O)c1nn2cccnc2c1Br. The van der Waals surface area contributed by atoms with Crippen molar-refractivity contribution < 1.29 is 4.79 Å². The van der Waals surface area contributed by atoms with Crippen LogP contribution >= 0.6 is 15.9 Å². The van der Waals surface area contributed by atoms with Crippen molar-refractivity contribution in [2.45, 2.75) is 13.3 Å². The van der Waals surface area contributed by atoms with Crippen molar-refractivity contribution in [1.29, 1.82) is 0 Å². The molecule has 0 bridgehead atoms. The van der Waals surface area contributed by atoms with E-state index in [1.807, 2.05) is 6.92 Å². The average molecular weight is 283 g/mol. The number of aromatic nitrogens is 3. The molecule has 0 aliphatic rings. The summed E-state index contributed by atoms with van der Waals surface area (Å²) in [6.07, 6.45) is 4.31. The van der Waals surface area contributed by atoms with E-state index >= 15 is 0 Å². The first kappa shape index (κ1) is 11.1. The minimum atomic E-state index is -0.181. The molecule has 0 saturated carbocycles. The van der Waals surface area contributed by atoms with Crippen LogP contribution in [0.3, 0.4) is 0 Å². The molecular formula is C10H11BrN4O. The first-order chi connectivity index (χ1) is 7.74. The molecule has 16 heavy (non-hydrogen) atoms. The standard InChI is InChI=1S/C10H11BrN4O/c1-2-4-13-10(16)8-7(11)9-12-5-3-6-15(9)14-8/h3,5-6H,2,4H2,1H3,(H,13,16). The number of hydrogen-bond donors (Lipinski definition) is 1. The van der Waals surface area contributed by atoms with Crippen molar-refractivity contribution in [3.8, 4) is 0 Å². The van der Waals surface area contributed by atoms with Gasteiger partial charge in [-0.2, -0.15) is 5.10 Å². The second-order valence-corrected chi connectivity index (χ2v) is 4.10. The van der Waals surface area contributed by atoms with E-state index in [1.165, 1.54) is 0 Å². The van der Waals surface area contributed by atoms with Gasteiger partial charge in [-0.15, -0.1) is 0 Å². The number of amides is 1. The van der Waals surface area contributed by atoms with E-state index in [2.05, 4.69) is 31.3 Å². The molecule has 84 valence electrons. The maximum atomic E-state index is 11.7. The Balaban J connectivity index is 2.37. The van der Waals surface area contributed by atoms with E-state index < -0.39 is 0 Å². The summed E-state index contributed by atoms with van der Waals surface area (Å²) in [5.41, 5.74) is 1.01. The number of hydrogen-bond acceptors (Lipinski definition) is 3. The molecule has 2 heterocycles. The number of nitrogens with one attached hydrogen (secondary N) is 1. The van der Waals surface area contributed by atoms with E-state index in [1.54, 1.807) is 23.0 Å². The van der Waals surface area contributed by atoms with Crippen LogP contribution in [0, 0.1) is 0 Å². The van der Waals surface area contributed by atoms with Gasteiger partial charge in [0.25, 0.3) is 5.91 Å². The predicted molar refractivity (Wildman–Crippen MR) is 63.3 cm³/mol. The van der Waals surface area contributed by atoms with Gasteiger partial charge in [0.05, 0.1) is 4.47 Å². The third kappa shape index (κ3) is 1.92. The highest BCUT2D eigenvalue weighted by molar-refractivity contribution is 9.10. The zero-order valence-electron chi connectivity index (χ0n) is 8.77. The van der Waals surface area contributed by atoms with Crippen LogP contribution in [0.4, 0.5) is 0 Å². The van der Waals surface area contributed by atoms with E-state index in [-0.39, 0.29) is 5.91 Å². The first-order valence-electron chi connectivity index (χ1n) is 5.01. The molecule has 0 aromatic carbocycles. The highest BCUT2D eigenvalue weighted by atomic mass is 79.9. The lowest BCUT2D eigenvalue weighted by molar-refractivity contribution is 0.0947. The van der Waals surface area contributed by atoms with Crippen LogP contribution in [0.15, 0.2) is 22.9 Å². The molecule has 0 fully saturated rings. The molecule has 2 rings (SSSR count). The predicted octanol–water partition coefficient (Wildman–Crippen LogP) is 1.63. The Labute approximate surface area is 101 Å². The van der Waals surface area contributed by atoms with Crippen molar-refractivity contribution in [2.24, 2.45) is 0 Å². The highest BCUT2D eigenvalue weighted by Gasteiger charge is 2.17. The zero-order chi connectivity index (χ0) is 11.5. The summed E-state index contributed by atoms with van der Waals surface area (Å²) >= 11 is 3.34. The Morgan fingerprint density at radius 3 is 3.12 bits per heavy atom. The number of fused-ring (bicyclic) bond motifs is 1. The summed E-state index contributed by atoms with van der Waals surface area (Å²) < 4.78 is 2.20. The van der Waals surface area contributed by atoms with E-state index in [0.29, 0.717) is 22.4 Å². The molecule has 2 aromatic heterocycles. The molecule has 0 unspecified atom stereocenters. The summed E-state index contributed by atoms with van der Waals surface area (Å²) in [6.45, 7) is 2.65. The summed E-state index contributed by atoms with van der Waals surface area (Å²) in [4.78, 5) is 15.9. The lowest BCUT2D eigenvalue weighted by Gasteiger charge is -1.99. The molecule has 0 radical (unpaired) electrons. The maximum absolute atomic E-state index is 11.7. The molecule has 5 nitrogen and oxygen atoms in total. The molecule has 1 amide bonds. The lowest BCUT2D eigenvalue weighted by atomic mass is 10.4. The summed E-state index contributed by atoms with van der Waals surface area (Å²) in [7, 11) is 0. The molecule has 0 spiro atoms. The van der Waals surface area contributed by atoms with Gasteiger partial charge in [0.2, 0.25) is 0 Å². The van der Waals surface area contributed by atoms with Crippen LogP contribution in [0.25, 0.3) is 5.65 Å². The lowest BCUT2D eigenvalue weighted by Crippen LogP contribution is -2.24. The van der Waals surface area contributed by atoms with Crippen LogP contribution in [0.1, 0.15) is 23.8 Å². The van der Waals surface area contributed by atoms with Crippen LogP contribution in [0.5, 0.6) is 0 Å². The van der Waals surface area contributed by atoms with Gasteiger partial charge in [-0.1, -0.05) is 6.92 Å². The first-order valence-corrected chi connectivity index (χ1v) is 5.80. The van der Waals surface area contributed by atoms with Crippen LogP contribution in [-0.2, 0) is 0 Å². The second-order valence-electron chi connectivity index (χ2n) is 3.31. The third-order valence-electron chi connectivity index (χ3n) is 2.09. The van der Waals surface area contributed by atoms with Gasteiger partial charge < -0.3 is 5.32 Å². The van der Waals surface area contributed by atoms with Gasteiger partial charge in [-0.25, -0.2) is 9.50 Å². The van der Waals surface area contributed by atoms with Crippen molar-refractivity contribution in [3.05, 3.63) is 28.6 Å². The maximum Gasteiger partial charge on any atom is 0.273 e. The van der Waals surface area contributed by atoms with Gasteiger partial charge in [0.1, 0.15) is 0 Å². The number of carbonyl (C=O) groups excluding carboxylic acids is 1. The molecule has 0 saturated heterocycles. The topological polar surface area (TPSA) is 59.3 Å². The Hall–Kier alpha value is -1.43. The fraction of sp³-hybridized carbons (Fsp3) is 0.300. The fourth-order valence-electron chi connectivity index (χ4n) is 1.33. The van der Waals surface area contributed by atoms with E-state index in [9.17, 15) is 4.79 Å². The van der Waals surface area contributed by atoms with Gasteiger partial charge in [0, 0.05) is 18.9 Å². The quantitative estimate of drug-likeness (QED) is 0.931. The monoisotopic (exact) mass is 282 g/mol. The summed E-state index contributed by atoms with van der Waals surface area (Å²) in [6, 6.07) is 1.76. The highest BCUT2D eigenvalue weighted by Crippen LogP contribution is 2.20. The molecule has 0 aliphatic heterocycles. The van der Waals surface area contributed by atoms with Gasteiger partial charge >= 0.3 is 0 Å². The molecular weight excluding hydrogens is 272 g/mol. The van der Waals surface area contributed by atoms with Crippen LogP contribution in [-0.4, -0.2) is 27.0 Å². The number of rotatable bonds is 3. The molecule has 0 aliphatic carbocycles. The zero-order valence-corrected chi connectivity index (χ0v) is 10.4. The molecule has 6 heteroatoms. The van der Waals surface area contributed by atoms with E-state index in [4.69, 9.17) is 0 Å². The number of halogens is 1. The second kappa shape index (κ2) is 4.61. The third-order valence-corrected chi connectivity index (χ3v) is 2.82. The number of carbonyl (C=O) groups is 1. The minimum absolute atomic E-state index is 0.181. The van der Waals surface area contributed by atoms with Gasteiger partial charge in [0.15, 0.2) is 11.3 Å². The normalized spacial score (nSPS) is 10.6. The van der Waals surface area contributed by atoms with Crippen LogP contribution in [0.2, 0.25) is 0 Å². The average Bonchev–Trinajstić information content (AvgIpc) is 2.64. The van der Waals surface area contributed by atoms with Crippen LogP contribution < -0.4 is 5.32 Å². The fourth-order valence-corrected chi connectivity index (χ4v) is 1.87. The van der Waals surface area contributed by atoms with Crippen molar-refractivity contribution >= 4 is 27.5 Å². The van der Waals surface area contributed by atoms with Gasteiger partial charge in [-0.05, 0) is 28.4 Å². The van der Waals surface area contributed by atoms with Crippen molar-refractivity contribution in [2.75, 3.05) is 6.54 Å². The Morgan fingerprint density at radius 1 is 1.62 bits per heavy atom. The van der Waals surface area contributed by atoms with Crippen molar-refractivity contribution in [1.82, 2.24) is 19.9 Å². The number of nitrogens with zero attached hydrogens (tertiary/aromatic N) is 3. The van der Waals surface area contributed by atoms with Gasteiger partial charge in [-0.3, -0.25) is 4.79 Å².